The summed E-state index contributed by atoms with van der Waals surface area (Å²) < 4.78 is 5.58. The van der Waals surface area contributed by atoms with Crippen molar-refractivity contribution in [2.24, 2.45) is 10.8 Å². The van der Waals surface area contributed by atoms with Crippen LogP contribution in [0.4, 0.5) is 0 Å². The highest BCUT2D eigenvalue weighted by atomic mass is 16.5. The van der Waals surface area contributed by atoms with Gasteiger partial charge in [-0.3, -0.25) is 0 Å². The molecule has 2 nitrogen and oxygen atoms in total. The molecule has 1 saturated heterocycles. The molecule has 0 aromatic carbocycles. The Hall–Kier alpha value is -0.0800. The second kappa shape index (κ2) is 2.24. The smallest absolute Gasteiger partial charge is 0.0840 e. The van der Waals surface area contributed by atoms with E-state index in [1.165, 1.54) is 0 Å². The van der Waals surface area contributed by atoms with E-state index >= 15 is 0 Å². The van der Waals surface area contributed by atoms with Crippen LogP contribution in [0.5, 0.6) is 0 Å². The van der Waals surface area contributed by atoms with Crippen molar-refractivity contribution in [2.45, 2.75) is 45.8 Å². The first kappa shape index (κ1) is 8.52. The second-order valence-electron chi connectivity index (χ2n) is 5.27. The van der Waals surface area contributed by atoms with E-state index in [1.54, 1.807) is 0 Å². The van der Waals surface area contributed by atoms with Crippen molar-refractivity contribution in [2.75, 3.05) is 6.61 Å². The first-order valence-corrected chi connectivity index (χ1v) is 4.74. The molecular formula is C10H18O2. The summed E-state index contributed by atoms with van der Waals surface area (Å²) in [6, 6.07) is 0. The molecule has 2 heteroatoms. The van der Waals surface area contributed by atoms with E-state index in [1.807, 2.05) is 0 Å². The zero-order valence-corrected chi connectivity index (χ0v) is 8.13. The van der Waals surface area contributed by atoms with Gasteiger partial charge in [0.25, 0.3) is 0 Å². The van der Waals surface area contributed by atoms with Gasteiger partial charge in [0.1, 0.15) is 0 Å². The molecule has 0 radical (unpaired) electrons. The maximum atomic E-state index is 9.72. The van der Waals surface area contributed by atoms with Crippen molar-refractivity contribution in [1.82, 2.24) is 0 Å². The molecule has 1 heterocycles. The summed E-state index contributed by atoms with van der Waals surface area (Å²) in [5.41, 5.74) is 0.510. The average Bonchev–Trinajstić information content (AvgIpc) is 2.28. The van der Waals surface area contributed by atoms with Crippen molar-refractivity contribution in [3.63, 3.8) is 0 Å². The Morgan fingerprint density at radius 3 is 2.58 bits per heavy atom. The lowest BCUT2D eigenvalue weighted by Gasteiger charge is -2.45. The van der Waals surface area contributed by atoms with Gasteiger partial charge in [-0.2, -0.15) is 0 Å². The van der Waals surface area contributed by atoms with Gasteiger partial charge >= 0.3 is 0 Å². The third kappa shape index (κ3) is 0.944. The Labute approximate surface area is 73.9 Å². The van der Waals surface area contributed by atoms with Crippen LogP contribution in [0.15, 0.2) is 0 Å². The van der Waals surface area contributed by atoms with Crippen LogP contribution in [0.1, 0.15) is 33.6 Å². The number of ether oxygens (including phenoxy) is 1. The van der Waals surface area contributed by atoms with E-state index in [0.717, 1.165) is 19.4 Å². The summed E-state index contributed by atoms with van der Waals surface area (Å²) in [4.78, 5) is 0. The van der Waals surface area contributed by atoms with Crippen LogP contribution in [0.2, 0.25) is 0 Å². The van der Waals surface area contributed by atoms with Crippen molar-refractivity contribution in [3.8, 4) is 0 Å². The topological polar surface area (TPSA) is 29.5 Å². The van der Waals surface area contributed by atoms with E-state index in [4.69, 9.17) is 4.74 Å². The Bertz CT molecular complexity index is 200. The number of fused-ring (bicyclic) bond motifs is 2. The van der Waals surface area contributed by atoms with E-state index in [0.29, 0.717) is 0 Å². The van der Waals surface area contributed by atoms with E-state index in [-0.39, 0.29) is 23.0 Å². The first-order chi connectivity index (χ1) is 5.45. The van der Waals surface area contributed by atoms with E-state index in [2.05, 4.69) is 20.8 Å². The SMILES string of the molecule is CC1(C)CC(O)C2CC1(C)CO2. The van der Waals surface area contributed by atoms with Crippen molar-refractivity contribution >= 4 is 0 Å². The highest BCUT2D eigenvalue weighted by Gasteiger charge is 2.54. The van der Waals surface area contributed by atoms with Crippen LogP contribution in [0.25, 0.3) is 0 Å². The summed E-state index contributed by atoms with van der Waals surface area (Å²) in [5, 5.41) is 9.72. The summed E-state index contributed by atoms with van der Waals surface area (Å²) in [7, 11) is 0. The highest BCUT2D eigenvalue weighted by Crippen LogP contribution is 2.54. The molecule has 0 spiro atoms. The van der Waals surface area contributed by atoms with Crippen LogP contribution in [-0.4, -0.2) is 23.9 Å². The lowest BCUT2D eigenvalue weighted by atomic mass is 9.59. The molecule has 70 valence electrons. The van der Waals surface area contributed by atoms with Gasteiger partial charge in [0, 0.05) is 0 Å². The van der Waals surface area contributed by atoms with Gasteiger partial charge in [0.05, 0.1) is 18.8 Å². The average molecular weight is 170 g/mol. The summed E-state index contributed by atoms with van der Waals surface area (Å²) in [6.45, 7) is 7.57. The standard InChI is InChI=1S/C10H18O2/c1-9(2)4-7(11)8-5-10(9,3)6-12-8/h7-8,11H,4-6H2,1-3H3. The van der Waals surface area contributed by atoms with E-state index < -0.39 is 0 Å². The number of hydrogen-bond acceptors (Lipinski definition) is 2. The van der Waals surface area contributed by atoms with Gasteiger partial charge in [-0.25, -0.2) is 0 Å². The molecule has 0 amide bonds. The van der Waals surface area contributed by atoms with Crippen LogP contribution < -0.4 is 0 Å². The zero-order valence-electron chi connectivity index (χ0n) is 8.13. The summed E-state index contributed by atoms with van der Waals surface area (Å²) >= 11 is 0. The number of hydrogen-bond donors (Lipinski definition) is 1. The third-order valence-electron chi connectivity index (χ3n) is 4.05. The summed E-state index contributed by atoms with van der Waals surface area (Å²) in [6.07, 6.45) is 1.79. The van der Waals surface area contributed by atoms with Crippen molar-refractivity contribution in [1.29, 1.82) is 0 Å². The number of aliphatic hydroxyl groups is 1. The Morgan fingerprint density at radius 2 is 1.92 bits per heavy atom. The molecule has 2 aliphatic rings. The largest absolute Gasteiger partial charge is 0.390 e. The highest BCUT2D eigenvalue weighted by molar-refractivity contribution is 5.03. The van der Waals surface area contributed by atoms with Gasteiger partial charge in [-0.15, -0.1) is 0 Å². The predicted molar refractivity (Wildman–Crippen MR) is 46.9 cm³/mol. The second-order valence-corrected chi connectivity index (χ2v) is 5.27. The monoisotopic (exact) mass is 170 g/mol. The molecule has 2 bridgehead atoms. The van der Waals surface area contributed by atoms with E-state index in [9.17, 15) is 5.11 Å². The Kier molecular flexibility index (Phi) is 1.59. The minimum Gasteiger partial charge on any atom is -0.390 e. The van der Waals surface area contributed by atoms with Crippen LogP contribution in [-0.2, 0) is 4.74 Å². The zero-order chi connectivity index (χ0) is 8.98. The number of aliphatic hydroxyl groups excluding tert-OH is 1. The van der Waals surface area contributed by atoms with Gasteiger partial charge in [-0.1, -0.05) is 20.8 Å². The van der Waals surface area contributed by atoms with Gasteiger partial charge < -0.3 is 9.84 Å². The first-order valence-electron chi connectivity index (χ1n) is 4.74. The van der Waals surface area contributed by atoms with Gasteiger partial charge in [0.2, 0.25) is 0 Å². The number of rotatable bonds is 0. The Morgan fingerprint density at radius 1 is 1.25 bits per heavy atom. The molecule has 2 fully saturated rings. The normalized spacial score (nSPS) is 51.0. The lowest BCUT2D eigenvalue weighted by molar-refractivity contribution is -0.0348. The molecular weight excluding hydrogens is 152 g/mol. The lowest BCUT2D eigenvalue weighted by Crippen LogP contribution is -2.44. The fraction of sp³-hybridized carbons (Fsp3) is 1.00. The minimum atomic E-state index is -0.240. The van der Waals surface area contributed by atoms with Gasteiger partial charge in [0.15, 0.2) is 0 Å². The van der Waals surface area contributed by atoms with Crippen molar-refractivity contribution < 1.29 is 9.84 Å². The molecule has 1 aliphatic heterocycles. The maximum absolute atomic E-state index is 9.72. The minimum absolute atomic E-state index is 0.114. The van der Waals surface area contributed by atoms with Gasteiger partial charge in [-0.05, 0) is 23.7 Å². The molecule has 1 saturated carbocycles. The van der Waals surface area contributed by atoms with Crippen LogP contribution in [0, 0.1) is 10.8 Å². The molecule has 0 aromatic rings. The Balaban J connectivity index is 2.29. The molecule has 1 N–H and O–H groups in total. The van der Waals surface area contributed by atoms with Crippen molar-refractivity contribution in [3.05, 3.63) is 0 Å². The van der Waals surface area contributed by atoms with Crippen LogP contribution >= 0.6 is 0 Å². The molecule has 1 aliphatic carbocycles. The molecule has 3 atom stereocenters. The van der Waals surface area contributed by atoms with Crippen LogP contribution in [0.3, 0.4) is 0 Å². The molecule has 2 rings (SSSR count). The molecule has 12 heavy (non-hydrogen) atoms. The molecule has 3 unspecified atom stereocenters. The summed E-state index contributed by atoms with van der Waals surface area (Å²) in [5.74, 6) is 0. The maximum Gasteiger partial charge on any atom is 0.0840 e. The third-order valence-corrected chi connectivity index (χ3v) is 4.05. The fourth-order valence-corrected chi connectivity index (χ4v) is 2.47. The fourth-order valence-electron chi connectivity index (χ4n) is 2.47. The molecule has 0 aromatic heterocycles. The predicted octanol–water partition coefficient (Wildman–Crippen LogP) is 1.57. The quantitative estimate of drug-likeness (QED) is 0.598.